The van der Waals surface area contributed by atoms with Gasteiger partial charge in [0.25, 0.3) is 0 Å². The van der Waals surface area contributed by atoms with Gasteiger partial charge in [-0.2, -0.15) is 0 Å². The van der Waals surface area contributed by atoms with Gasteiger partial charge in [-0.05, 0) is 29.5 Å². The van der Waals surface area contributed by atoms with Crippen molar-refractivity contribution >= 4 is 0 Å². The maximum atomic E-state index is 6.06. The highest BCUT2D eigenvalue weighted by Gasteiger charge is 2.20. The Kier molecular flexibility index (Phi) is 5.86. The summed E-state index contributed by atoms with van der Waals surface area (Å²) in [4.78, 5) is 0. The second kappa shape index (κ2) is 6.83. The maximum absolute atomic E-state index is 6.06. The standard InChI is InChI=1S/C19H33NO/c1-14(2)20-12-19(7,8)13-21-17-10-9-16(11-15(17)3)18(4,5)6/h9-11,14,20H,12-13H2,1-8H3. The van der Waals surface area contributed by atoms with Gasteiger partial charge in [0.1, 0.15) is 5.75 Å². The summed E-state index contributed by atoms with van der Waals surface area (Å²) in [6.07, 6.45) is 0. The molecule has 2 nitrogen and oxygen atoms in total. The van der Waals surface area contributed by atoms with Crippen LogP contribution in [0.5, 0.6) is 5.75 Å². The Bertz CT molecular complexity index is 455. The molecule has 0 atom stereocenters. The molecule has 0 aromatic heterocycles. The molecule has 0 heterocycles. The molecule has 0 amide bonds. The fraction of sp³-hybridized carbons (Fsp3) is 0.684. The lowest BCUT2D eigenvalue weighted by Crippen LogP contribution is -2.37. The van der Waals surface area contributed by atoms with E-state index in [0.717, 1.165) is 18.9 Å². The van der Waals surface area contributed by atoms with E-state index >= 15 is 0 Å². The van der Waals surface area contributed by atoms with Gasteiger partial charge in [0, 0.05) is 18.0 Å². The predicted molar refractivity (Wildman–Crippen MR) is 92.3 cm³/mol. The third-order valence-electron chi connectivity index (χ3n) is 3.65. The lowest BCUT2D eigenvalue weighted by atomic mass is 9.86. The summed E-state index contributed by atoms with van der Waals surface area (Å²) in [6, 6.07) is 7.05. The van der Waals surface area contributed by atoms with E-state index in [2.05, 4.69) is 78.9 Å². The van der Waals surface area contributed by atoms with Crippen LogP contribution in [0.25, 0.3) is 0 Å². The van der Waals surface area contributed by atoms with Crippen LogP contribution in [0.15, 0.2) is 18.2 Å². The van der Waals surface area contributed by atoms with Gasteiger partial charge < -0.3 is 10.1 Å². The normalized spacial score (nSPS) is 12.8. The number of hydrogen-bond acceptors (Lipinski definition) is 2. The molecule has 0 aliphatic heterocycles. The maximum Gasteiger partial charge on any atom is 0.122 e. The highest BCUT2D eigenvalue weighted by Crippen LogP contribution is 2.28. The number of aryl methyl sites for hydroxylation is 1. The Hall–Kier alpha value is -1.02. The van der Waals surface area contributed by atoms with Crippen LogP contribution in [0.1, 0.15) is 59.6 Å². The lowest BCUT2D eigenvalue weighted by Gasteiger charge is -2.27. The van der Waals surface area contributed by atoms with E-state index in [1.165, 1.54) is 11.1 Å². The van der Waals surface area contributed by atoms with Crippen molar-refractivity contribution in [3.8, 4) is 5.75 Å². The summed E-state index contributed by atoms with van der Waals surface area (Å²) in [6.45, 7) is 19.4. The summed E-state index contributed by atoms with van der Waals surface area (Å²) in [5, 5.41) is 3.49. The van der Waals surface area contributed by atoms with Crippen molar-refractivity contribution in [2.24, 2.45) is 5.41 Å². The molecule has 0 aliphatic carbocycles. The zero-order chi connectivity index (χ0) is 16.3. The molecule has 21 heavy (non-hydrogen) atoms. The third kappa shape index (κ3) is 6.09. The molecule has 120 valence electrons. The highest BCUT2D eigenvalue weighted by molar-refractivity contribution is 5.38. The SMILES string of the molecule is Cc1cc(C(C)(C)C)ccc1OCC(C)(C)CNC(C)C. The van der Waals surface area contributed by atoms with Crippen molar-refractivity contribution in [3.05, 3.63) is 29.3 Å². The van der Waals surface area contributed by atoms with Gasteiger partial charge in [-0.25, -0.2) is 0 Å². The van der Waals surface area contributed by atoms with Crippen LogP contribution in [-0.2, 0) is 5.41 Å². The first-order valence-electron chi connectivity index (χ1n) is 7.98. The molecule has 0 unspecified atom stereocenters. The number of rotatable bonds is 6. The zero-order valence-corrected chi connectivity index (χ0v) is 15.1. The first-order chi connectivity index (χ1) is 9.51. The largest absolute Gasteiger partial charge is 0.493 e. The smallest absolute Gasteiger partial charge is 0.122 e. The third-order valence-corrected chi connectivity index (χ3v) is 3.65. The van der Waals surface area contributed by atoms with Crippen LogP contribution in [0.3, 0.4) is 0 Å². The van der Waals surface area contributed by atoms with Crippen molar-refractivity contribution < 1.29 is 4.74 Å². The van der Waals surface area contributed by atoms with Crippen molar-refractivity contribution in [1.29, 1.82) is 0 Å². The molecule has 0 saturated heterocycles. The van der Waals surface area contributed by atoms with Gasteiger partial charge in [0.05, 0.1) is 6.61 Å². The summed E-state index contributed by atoms with van der Waals surface area (Å²) in [7, 11) is 0. The number of benzene rings is 1. The molecular weight excluding hydrogens is 258 g/mol. The van der Waals surface area contributed by atoms with Gasteiger partial charge in [0.15, 0.2) is 0 Å². The molecular formula is C19H33NO. The van der Waals surface area contributed by atoms with E-state index in [0.29, 0.717) is 6.04 Å². The minimum absolute atomic E-state index is 0.124. The highest BCUT2D eigenvalue weighted by atomic mass is 16.5. The average molecular weight is 291 g/mol. The average Bonchev–Trinajstić information content (AvgIpc) is 2.34. The van der Waals surface area contributed by atoms with Crippen molar-refractivity contribution in [2.45, 2.75) is 66.8 Å². The van der Waals surface area contributed by atoms with Crippen LogP contribution < -0.4 is 10.1 Å². The van der Waals surface area contributed by atoms with Crippen molar-refractivity contribution in [2.75, 3.05) is 13.2 Å². The summed E-state index contributed by atoms with van der Waals surface area (Å²) >= 11 is 0. The molecule has 1 N–H and O–H groups in total. The molecule has 1 aromatic carbocycles. The van der Waals surface area contributed by atoms with Gasteiger partial charge in [0.2, 0.25) is 0 Å². The van der Waals surface area contributed by atoms with Crippen LogP contribution in [0, 0.1) is 12.3 Å². The van der Waals surface area contributed by atoms with E-state index < -0.39 is 0 Å². The molecule has 0 aliphatic rings. The van der Waals surface area contributed by atoms with Crippen LogP contribution in [-0.4, -0.2) is 19.2 Å². The topological polar surface area (TPSA) is 21.3 Å². The summed E-state index contributed by atoms with van der Waals surface area (Å²) in [5.74, 6) is 1.00. The Morgan fingerprint density at radius 1 is 1.10 bits per heavy atom. The molecule has 1 rings (SSSR count). The Morgan fingerprint density at radius 3 is 2.19 bits per heavy atom. The Labute approximate surface area is 131 Å². The van der Waals surface area contributed by atoms with Gasteiger partial charge >= 0.3 is 0 Å². The van der Waals surface area contributed by atoms with E-state index in [1.54, 1.807) is 0 Å². The second-order valence-corrected chi connectivity index (χ2v) is 8.22. The monoisotopic (exact) mass is 291 g/mol. The minimum atomic E-state index is 0.124. The van der Waals surface area contributed by atoms with Gasteiger partial charge in [-0.15, -0.1) is 0 Å². The molecule has 0 saturated carbocycles. The first-order valence-corrected chi connectivity index (χ1v) is 7.98. The number of ether oxygens (including phenoxy) is 1. The van der Waals surface area contributed by atoms with E-state index in [1.807, 2.05) is 0 Å². The summed E-state index contributed by atoms with van der Waals surface area (Å²) in [5.41, 5.74) is 2.88. The fourth-order valence-electron chi connectivity index (χ4n) is 2.08. The molecule has 0 spiro atoms. The van der Waals surface area contributed by atoms with E-state index in [-0.39, 0.29) is 10.8 Å². The molecule has 0 bridgehead atoms. The summed E-state index contributed by atoms with van der Waals surface area (Å²) < 4.78 is 6.06. The molecule has 2 heteroatoms. The molecule has 1 aromatic rings. The van der Waals surface area contributed by atoms with Gasteiger partial charge in [-0.1, -0.05) is 60.6 Å². The first kappa shape index (κ1) is 18.0. The zero-order valence-electron chi connectivity index (χ0n) is 15.1. The van der Waals surface area contributed by atoms with Crippen molar-refractivity contribution in [1.82, 2.24) is 5.32 Å². The van der Waals surface area contributed by atoms with Gasteiger partial charge in [-0.3, -0.25) is 0 Å². The second-order valence-electron chi connectivity index (χ2n) is 8.22. The van der Waals surface area contributed by atoms with E-state index in [4.69, 9.17) is 4.74 Å². The Balaban J connectivity index is 2.68. The predicted octanol–water partition coefficient (Wildman–Crippen LogP) is 4.70. The van der Waals surface area contributed by atoms with Crippen LogP contribution in [0.2, 0.25) is 0 Å². The lowest BCUT2D eigenvalue weighted by molar-refractivity contribution is 0.172. The minimum Gasteiger partial charge on any atom is -0.493 e. The fourth-order valence-corrected chi connectivity index (χ4v) is 2.08. The molecule has 0 radical (unpaired) electrons. The van der Waals surface area contributed by atoms with Crippen LogP contribution in [0.4, 0.5) is 0 Å². The number of hydrogen-bond donors (Lipinski definition) is 1. The Morgan fingerprint density at radius 2 is 1.71 bits per heavy atom. The number of nitrogens with one attached hydrogen (secondary N) is 1. The quantitative estimate of drug-likeness (QED) is 0.820. The molecule has 0 fully saturated rings. The van der Waals surface area contributed by atoms with E-state index in [9.17, 15) is 0 Å². The van der Waals surface area contributed by atoms with Crippen molar-refractivity contribution in [3.63, 3.8) is 0 Å². The van der Waals surface area contributed by atoms with Crippen LogP contribution >= 0.6 is 0 Å².